The summed E-state index contributed by atoms with van der Waals surface area (Å²) in [5.74, 6) is 0.307. The average molecular weight is 304 g/mol. The number of rotatable bonds is 3. The van der Waals surface area contributed by atoms with Crippen LogP contribution in [0.2, 0.25) is 0 Å². The monoisotopic (exact) mass is 304 g/mol. The predicted molar refractivity (Wildman–Crippen MR) is 81.1 cm³/mol. The highest BCUT2D eigenvalue weighted by molar-refractivity contribution is 5.78. The number of fused-ring (bicyclic) bond motifs is 1. The molecule has 0 aromatic carbocycles. The Kier molecular flexibility index (Phi) is 3.66. The van der Waals surface area contributed by atoms with Gasteiger partial charge in [-0.1, -0.05) is 0 Å². The highest BCUT2D eigenvalue weighted by Gasteiger charge is 2.48. The average Bonchev–Trinajstić information content (AvgIpc) is 3.20. The molecule has 0 radical (unpaired) electrons. The second-order valence-corrected chi connectivity index (χ2v) is 6.75. The van der Waals surface area contributed by atoms with Gasteiger partial charge in [0, 0.05) is 57.5 Å². The highest BCUT2D eigenvalue weighted by Crippen LogP contribution is 2.34. The maximum atomic E-state index is 12.1. The number of hydrogen-bond acceptors (Lipinski definition) is 4. The Morgan fingerprint density at radius 1 is 1.36 bits per heavy atom. The van der Waals surface area contributed by atoms with Crippen molar-refractivity contribution in [3.05, 3.63) is 18.0 Å². The van der Waals surface area contributed by atoms with E-state index in [9.17, 15) is 4.79 Å². The summed E-state index contributed by atoms with van der Waals surface area (Å²) in [6.45, 7) is 3.56. The molecule has 0 aliphatic carbocycles. The van der Waals surface area contributed by atoms with Crippen LogP contribution in [0.5, 0.6) is 0 Å². The number of carbonyl (C=O) groups excluding carboxylic acids is 1. The maximum Gasteiger partial charge on any atom is 0.223 e. The van der Waals surface area contributed by atoms with Gasteiger partial charge in [-0.25, -0.2) is 0 Å². The molecule has 1 amide bonds. The number of carbonyl (C=O) groups is 1. The Morgan fingerprint density at radius 3 is 3.00 bits per heavy atom. The van der Waals surface area contributed by atoms with Gasteiger partial charge in [0.05, 0.1) is 18.3 Å². The fourth-order valence-electron chi connectivity index (χ4n) is 4.29. The van der Waals surface area contributed by atoms with E-state index in [1.807, 2.05) is 17.9 Å². The lowest BCUT2D eigenvalue weighted by molar-refractivity contribution is -0.132. The largest absolute Gasteiger partial charge is 0.374 e. The lowest BCUT2D eigenvalue weighted by Gasteiger charge is -2.34. The Morgan fingerprint density at radius 2 is 2.27 bits per heavy atom. The summed E-state index contributed by atoms with van der Waals surface area (Å²) in [5, 5.41) is 4.27. The number of likely N-dealkylation sites (tertiary alicyclic amines) is 2. The maximum absolute atomic E-state index is 12.1. The number of aryl methyl sites for hydroxylation is 1. The quantitative estimate of drug-likeness (QED) is 0.828. The molecule has 0 bridgehead atoms. The van der Waals surface area contributed by atoms with E-state index >= 15 is 0 Å². The summed E-state index contributed by atoms with van der Waals surface area (Å²) in [7, 11) is 1.95. The molecule has 3 atom stereocenters. The van der Waals surface area contributed by atoms with Gasteiger partial charge in [0.2, 0.25) is 5.91 Å². The number of aromatic nitrogens is 2. The number of nitrogens with zero attached hydrogens (tertiary/aromatic N) is 4. The summed E-state index contributed by atoms with van der Waals surface area (Å²) < 4.78 is 7.94. The molecule has 3 aliphatic heterocycles. The fourth-order valence-corrected chi connectivity index (χ4v) is 4.29. The smallest absolute Gasteiger partial charge is 0.223 e. The summed E-state index contributed by atoms with van der Waals surface area (Å²) in [4.78, 5) is 16.7. The van der Waals surface area contributed by atoms with Crippen molar-refractivity contribution in [2.75, 3.05) is 19.7 Å². The van der Waals surface area contributed by atoms with E-state index in [2.05, 4.69) is 21.1 Å². The molecule has 22 heavy (non-hydrogen) atoms. The van der Waals surface area contributed by atoms with Crippen molar-refractivity contribution in [1.82, 2.24) is 19.6 Å². The van der Waals surface area contributed by atoms with E-state index in [0.29, 0.717) is 18.4 Å². The topological polar surface area (TPSA) is 50.6 Å². The number of hydrogen-bond donors (Lipinski definition) is 0. The Labute approximate surface area is 131 Å². The molecule has 0 saturated carbocycles. The van der Waals surface area contributed by atoms with Crippen molar-refractivity contribution in [3.63, 3.8) is 0 Å². The lowest BCUT2D eigenvalue weighted by atomic mass is 10.00. The first-order valence-corrected chi connectivity index (χ1v) is 8.35. The molecule has 120 valence electrons. The summed E-state index contributed by atoms with van der Waals surface area (Å²) in [6.07, 6.45) is 8.19. The molecule has 4 heterocycles. The lowest BCUT2D eigenvalue weighted by Crippen LogP contribution is -2.48. The van der Waals surface area contributed by atoms with Gasteiger partial charge in [0.15, 0.2) is 0 Å². The van der Waals surface area contributed by atoms with Gasteiger partial charge in [-0.2, -0.15) is 5.10 Å². The SMILES string of the molecule is Cn1cc(CN2C[C@@H](N3CCCC3=O)[C@H]3OCCC[C@H]32)cn1. The van der Waals surface area contributed by atoms with Crippen LogP contribution in [0, 0.1) is 0 Å². The summed E-state index contributed by atoms with van der Waals surface area (Å²) >= 11 is 0. The molecule has 1 aromatic rings. The van der Waals surface area contributed by atoms with Crippen molar-refractivity contribution < 1.29 is 9.53 Å². The fraction of sp³-hybridized carbons (Fsp3) is 0.750. The second kappa shape index (κ2) is 5.66. The van der Waals surface area contributed by atoms with Gasteiger partial charge in [-0.3, -0.25) is 14.4 Å². The van der Waals surface area contributed by atoms with E-state index in [-0.39, 0.29) is 12.1 Å². The molecule has 6 heteroatoms. The van der Waals surface area contributed by atoms with E-state index in [1.165, 1.54) is 12.0 Å². The highest BCUT2D eigenvalue weighted by atomic mass is 16.5. The summed E-state index contributed by atoms with van der Waals surface area (Å²) in [6, 6.07) is 0.671. The summed E-state index contributed by atoms with van der Waals surface area (Å²) in [5.41, 5.74) is 1.24. The molecular weight excluding hydrogens is 280 g/mol. The van der Waals surface area contributed by atoms with Gasteiger partial charge < -0.3 is 9.64 Å². The van der Waals surface area contributed by atoms with E-state index in [1.54, 1.807) is 0 Å². The normalized spacial score (nSPS) is 32.7. The molecule has 3 fully saturated rings. The molecule has 0 spiro atoms. The van der Waals surface area contributed by atoms with Crippen molar-refractivity contribution in [2.24, 2.45) is 7.05 Å². The van der Waals surface area contributed by atoms with Crippen LogP contribution in [-0.2, 0) is 23.1 Å². The molecule has 3 aliphatic rings. The van der Waals surface area contributed by atoms with Crippen LogP contribution in [0.15, 0.2) is 12.4 Å². The van der Waals surface area contributed by atoms with E-state index < -0.39 is 0 Å². The third kappa shape index (κ3) is 2.44. The molecule has 1 aromatic heterocycles. The first-order chi connectivity index (χ1) is 10.7. The van der Waals surface area contributed by atoms with Crippen molar-refractivity contribution >= 4 is 5.91 Å². The van der Waals surface area contributed by atoms with Gasteiger partial charge >= 0.3 is 0 Å². The number of ether oxygens (including phenoxy) is 1. The van der Waals surface area contributed by atoms with Crippen LogP contribution >= 0.6 is 0 Å². The minimum Gasteiger partial charge on any atom is -0.374 e. The zero-order valence-corrected chi connectivity index (χ0v) is 13.1. The third-order valence-corrected chi connectivity index (χ3v) is 5.26. The van der Waals surface area contributed by atoms with Crippen LogP contribution in [-0.4, -0.2) is 63.4 Å². The second-order valence-electron chi connectivity index (χ2n) is 6.75. The van der Waals surface area contributed by atoms with Crippen LogP contribution in [0.1, 0.15) is 31.2 Å². The van der Waals surface area contributed by atoms with Crippen LogP contribution < -0.4 is 0 Å². The van der Waals surface area contributed by atoms with Gasteiger partial charge in [-0.15, -0.1) is 0 Å². The minimum absolute atomic E-state index is 0.187. The first kappa shape index (κ1) is 14.2. The zero-order valence-electron chi connectivity index (χ0n) is 13.1. The zero-order chi connectivity index (χ0) is 15.1. The Bertz CT molecular complexity index is 558. The molecular formula is C16H24N4O2. The minimum atomic E-state index is 0.187. The van der Waals surface area contributed by atoms with Crippen molar-refractivity contribution in [2.45, 2.75) is 50.4 Å². The van der Waals surface area contributed by atoms with E-state index in [4.69, 9.17) is 4.74 Å². The molecule has 4 rings (SSSR count). The molecule has 0 N–H and O–H groups in total. The van der Waals surface area contributed by atoms with Crippen LogP contribution in [0.3, 0.4) is 0 Å². The Hall–Kier alpha value is -1.40. The molecule has 3 saturated heterocycles. The van der Waals surface area contributed by atoms with Gasteiger partial charge in [0.25, 0.3) is 0 Å². The van der Waals surface area contributed by atoms with Crippen LogP contribution in [0.25, 0.3) is 0 Å². The van der Waals surface area contributed by atoms with Crippen LogP contribution in [0.4, 0.5) is 0 Å². The van der Waals surface area contributed by atoms with E-state index in [0.717, 1.165) is 39.1 Å². The number of amides is 1. The molecule has 0 unspecified atom stereocenters. The van der Waals surface area contributed by atoms with Crippen molar-refractivity contribution in [1.29, 1.82) is 0 Å². The molecule has 6 nitrogen and oxygen atoms in total. The van der Waals surface area contributed by atoms with Crippen molar-refractivity contribution in [3.8, 4) is 0 Å². The van der Waals surface area contributed by atoms with Gasteiger partial charge in [0.1, 0.15) is 0 Å². The third-order valence-electron chi connectivity index (χ3n) is 5.26. The van der Waals surface area contributed by atoms with Gasteiger partial charge in [-0.05, 0) is 19.3 Å². The predicted octanol–water partition coefficient (Wildman–Crippen LogP) is 0.774. The Balaban J connectivity index is 1.53. The first-order valence-electron chi connectivity index (χ1n) is 8.35. The standard InChI is InChI=1S/C16H24N4O2/c1-18-9-12(8-17-18)10-19-11-14(20-6-2-5-15(20)21)16-13(19)4-3-7-22-16/h8-9,13-14,16H,2-7,10-11H2,1H3/t13-,14-,16+/m1/s1.